The molecule has 0 unspecified atom stereocenters. The molecule has 1 aromatic carbocycles. The van der Waals surface area contributed by atoms with Gasteiger partial charge < -0.3 is 5.11 Å². The number of hydrogen-bond donors (Lipinski definition) is 1. The van der Waals surface area contributed by atoms with E-state index in [4.69, 9.17) is 5.11 Å². The third-order valence-corrected chi connectivity index (χ3v) is 1.06. The van der Waals surface area contributed by atoms with Crippen LogP contribution in [0.2, 0.25) is 0 Å². The summed E-state index contributed by atoms with van der Waals surface area (Å²) in [6, 6.07) is 5.04. The first-order valence-corrected chi connectivity index (χ1v) is 2.63. The number of nitro groups is 1. The van der Waals surface area contributed by atoms with E-state index < -0.39 is 4.92 Å². The predicted molar refractivity (Wildman–Crippen MR) is 41.9 cm³/mol. The molecule has 0 aromatic heterocycles. The van der Waals surface area contributed by atoms with E-state index in [1.165, 1.54) is 24.3 Å². The molecule has 0 amide bonds. The number of rotatable bonds is 1. The fourth-order valence-corrected chi connectivity index (χ4v) is 0.574. The number of nitro benzene ring substituents is 1. The Morgan fingerprint density at radius 2 is 1.73 bits per heavy atom. The molecule has 0 saturated carbocycles. The first-order chi connectivity index (χ1) is 4.70. The molecule has 0 heterocycles. The van der Waals surface area contributed by atoms with Gasteiger partial charge in [0.2, 0.25) is 0 Å². The molecular weight excluding hydrogens is 141 g/mol. The van der Waals surface area contributed by atoms with Crippen LogP contribution in [0, 0.1) is 10.1 Å². The molecule has 1 N–H and O–H groups in total. The van der Waals surface area contributed by atoms with E-state index >= 15 is 0 Å². The summed E-state index contributed by atoms with van der Waals surface area (Å²) in [5, 5.41) is 18.8. The molecular formula is C6H6LiNO3. The molecule has 0 radical (unpaired) electrons. The molecule has 1 rings (SSSR count). The van der Waals surface area contributed by atoms with Crippen molar-refractivity contribution in [1.82, 2.24) is 0 Å². The summed E-state index contributed by atoms with van der Waals surface area (Å²) < 4.78 is 0. The number of aromatic hydroxyl groups is 1. The third-order valence-electron chi connectivity index (χ3n) is 1.06. The Morgan fingerprint density at radius 1 is 1.27 bits per heavy atom. The van der Waals surface area contributed by atoms with E-state index in [1.807, 2.05) is 0 Å². The Balaban J connectivity index is 0.000001000. The summed E-state index contributed by atoms with van der Waals surface area (Å²) in [5.74, 6) is 0.0330. The molecule has 4 nitrogen and oxygen atoms in total. The first-order valence-electron chi connectivity index (χ1n) is 2.63. The zero-order valence-corrected chi connectivity index (χ0v) is 5.02. The van der Waals surface area contributed by atoms with Crippen molar-refractivity contribution >= 4 is 24.5 Å². The van der Waals surface area contributed by atoms with Gasteiger partial charge in [-0.25, -0.2) is 0 Å². The summed E-state index contributed by atoms with van der Waals surface area (Å²) in [7, 11) is 0. The van der Waals surface area contributed by atoms with Crippen LogP contribution in [-0.4, -0.2) is 28.9 Å². The Labute approximate surface area is 75.2 Å². The van der Waals surface area contributed by atoms with Crippen LogP contribution < -0.4 is 0 Å². The van der Waals surface area contributed by atoms with Crippen LogP contribution in [0.3, 0.4) is 0 Å². The van der Waals surface area contributed by atoms with Gasteiger partial charge in [-0.2, -0.15) is 0 Å². The number of benzene rings is 1. The van der Waals surface area contributed by atoms with Gasteiger partial charge >= 0.3 is 18.9 Å². The summed E-state index contributed by atoms with van der Waals surface area (Å²) in [4.78, 5) is 9.52. The summed E-state index contributed by atoms with van der Waals surface area (Å²) in [6.45, 7) is 0. The predicted octanol–water partition coefficient (Wildman–Crippen LogP) is 0.652. The van der Waals surface area contributed by atoms with Crippen molar-refractivity contribution in [3.8, 4) is 5.75 Å². The van der Waals surface area contributed by atoms with Crippen molar-refractivity contribution in [2.45, 2.75) is 0 Å². The van der Waals surface area contributed by atoms with Gasteiger partial charge in [0.15, 0.2) is 0 Å². The molecule has 5 heteroatoms. The van der Waals surface area contributed by atoms with Gasteiger partial charge in [0.25, 0.3) is 5.69 Å². The second kappa shape index (κ2) is 4.01. The van der Waals surface area contributed by atoms with Crippen LogP contribution in [0.15, 0.2) is 24.3 Å². The number of hydrogen-bond acceptors (Lipinski definition) is 3. The van der Waals surface area contributed by atoms with E-state index in [0.717, 1.165) is 0 Å². The Hall–Kier alpha value is -0.983. The number of phenols is 1. The van der Waals surface area contributed by atoms with Crippen molar-refractivity contribution in [1.29, 1.82) is 0 Å². The maximum atomic E-state index is 10.0. The zero-order valence-electron chi connectivity index (χ0n) is 5.02. The van der Waals surface area contributed by atoms with Crippen LogP contribution in [0.4, 0.5) is 5.69 Å². The summed E-state index contributed by atoms with van der Waals surface area (Å²) in [6.07, 6.45) is 0. The second-order valence-electron chi connectivity index (χ2n) is 1.77. The molecule has 0 fully saturated rings. The second-order valence-corrected chi connectivity index (χ2v) is 1.77. The Bertz CT molecular complexity index is 247. The molecule has 54 valence electrons. The fourth-order valence-electron chi connectivity index (χ4n) is 0.574. The molecule has 0 aliphatic carbocycles. The molecule has 0 saturated heterocycles. The molecule has 0 bridgehead atoms. The summed E-state index contributed by atoms with van der Waals surface area (Å²) in [5.41, 5.74) is -0.0159. The van der Waals surface area contributed by atoms with Crippen LogP contribution in [0.1, 0.15) is 0 Å². The van der Waals surface area contributed by atoms with Crippen molar-refractivity contribution in [2.75, 3.05) is 0 Å². The fraction of sp³-hybridized carbons (Fsp3) is 0. The van der Waals surface area contributed by atoms with Crippen molar-refractivity contribution < 1.29 is 10.0 Å². The number of non-ortho nitro benzene ring substituents is 1. The molecule has 0 spiro atoms. The molecule has 0 aliphatic rings. The average molecular weight is 147 g/mol. The van der Waals surface area contributed by atoms with E-state index in [9.17, 15) is 10.1 Å². The van der Waals surface area contributed by atoms with Crippen LogP contribution >= 0.6 is 0 Å². The third kappa shape index (κ3) is 2.62. The Morgan fingerprint density at radius 3 is 2.09 bits per heavy atom. The number of nitrogens with zero attached hydrogens (tertiary/aromatic N) is 1. The molecule has 0 aliphatic heterocycles. The van der Waals surface area contributed by atoms with E-state index in [0.29, 0.717) is 0 Å². The van der Waals surface area contributed by atoms with Gasteiger partial charge in [-0.1, -0.05) is 0 Å². The molecule has 1 aromatic rings. The first kappa shape index (κ1) is 10.0. The normalized spacial score (nSPS) is 8.36. The SMILES string of the molecule is O=[N+]([O-])c1ccc(O)cc1.[LiH]. The van der Waals surface area contributed by atoms with Gasteiger partial charge in [0.05, 0.1) is 4.92 Å². The monoisotopic (exact) mass is 147 g/mol. The van der Waals surface area contributed by atoms with Crippen LogP contribution in [-0.2, 0) is 0 Å². The standard InChI is InChI=1S/C6H5NO3.Li.H/c8-6-3-1-5(2-4-6)7(9)10;;/h1-4,8H;;. The van der Waals surface area contributed by atoms with Crippen molar-refractivity contribution in [2.24, 2.45) is 0 Å². The number of phenolic OH excluding ortho intramolecular Hbond substituents is 1. The van der Waals surface area contributed by atoms with Gasteiger partial charge in [0, 0.05) is 12.1 Å². The van der Waals surface area contributed by atoms with Crippen molar-refractivity contribution in [3.63, 3.8) is 0 Å². The maximum absolute atomic E-state index is 10.0. The summed E-state index contributed by atoms with van der Waals surface area (Å²) >= 11 is 0. The topological polar surface area (TPSA) is 63.4 Å². The van der Waals surface area contributed by atoms with Gasteiger partial charge in [0.1, 0.15) is 5.75 Å². The minimum atomic E-state index is -0.514. The van der Waals surface area contributed by atoms with E-state index in [-0.39, 0.29) is 30.3 Å². The van der Waals surface area contributed by atoms with Gasteiger partial charge in [-0.15, -0.1) is 0 Å². The van der Waals surface area contributed by atoms with E-state index in [2.05, 4.69) is 0 Å². The zero-order chi connectivity index (χ0) is 7.56. The van der Waals surface area contributed by atoms with Crippen LogP contribution in [0.5, 0.6) is 5.75 Å². The Kier molecular flexibility index (Phi) is 3.66. The quantitative estimate of drug-likeness (QED) is 0.360. The molecule has 0 atom stereocenters. The van der Waals surface area contributed by atoms with Gasteiger partial charge in [-0.3, -0.25) is 10.1 Å². The van der Waals surface area contributed by atoms with Crippen LogP contribution in [0.25, 0.3) is 0 Å². The van der Waals surface area contributed by atoms with Crippen molar-refractivity contribution in [3.05, 3.63) is 34.4 Å². The minimum absolute atomic E-state index is 0. The average Bonchev–Trinajstić information content (AvgIpc) is 1.88. The molecule has 11 heavy (non-hydrogen) atoms. The van der Waals surface area contributed by atoms with Gasteiger partial charge in [-0.05, 0) is 12.1 Å². The van der Waals surface area contributed by atoms with E-state index in [1.54, 1.807) is 0 Å².